The zero-order chi connectivity index (χ0) is 36.6. The van der Waals surface area contributed by atoms with Gasteiger partial charge < -0.3 is 4.90 Å². The molecule has 10 rings (SSSR count). The van der Waals surface area contributed by atoms with E-state index in [2.05, 4.69) is 229 Å². The van der Waals surface area contributed by atoms with Crippen LogP contribution in [0.4, 0.5) is 17.1 Å². The van der Waals surface area contributed by atoms with Gasteiger partial charge in [0.1, 0.15) is 0 Å². The summed E-state index contributed by atoms with van der Waals surface area (Å²) >= 11 is 0. The van der Waals surface area contributed by atoms with E-state index < -0.39 is 0 Å². The lowest BCUT2D eigenvalue weighted by molar-refractivity contribution is 1.28. The Hall–Kier alpha value is -7.22. The van der Waals surface area contributed by atoms with Gasteiger partial charge in [0, 0.05) is 16.9 Å². The quantitative estimate of drug-likeness (QED) is 0.150. The van der Waals surface area contributed by atoms with Crippen LogP contribution in [-0.2, 0) is 0 Å². The second-order valence-electron chi connectivity index (χ2n) is 14.1. The number of rotatable bonds is 7. The summed E-state index contributed by atoms with van der Waals surface area (Å²) in [6, 6.07) is 81.5. The summed E-state index contributed by atoms with van der Waals surface area (Å²) in [6.45, 7) is 0. The molecular weight excluding hydrogens is 663 g/mol. The summed E-state index contributed by atoms with van der Waals surface area (Å²) in [6.07, 6.45) is 0. The Bertz CT molecular complexity index is 2950. The van der Waals surface area contributed by atoms with E-state index in [0.29, 0.717) is 0 Å². The third-order valence-corrected chi connectivity index (χ3v) is 10.8. The molecule has 0 radical (unpaired) electrons. The van der Waals surface area contributed by atoms with Gasteiger partial charge in [-0.15, -0.1) is 0 Å². The number of anilines is 3. The molecule has 0 heterocycles. The zero-order valence-corrected chi connectivity index (χ0v) is 30.3. The molecule has 1 heteroatoms. The monoisotopic (exact) mass is 699 g/mol. The van der Waals surface area contributed by atoms with Gasteiger partial charge in [0.15, 0.2) is 0 Å². The molecule has 0 aromatic heterocycles. The first-order valence-corrected chi connectivity index (χ1v) is 18.9. The van der Waals surface area contributed by atoms with Gasteiger partial charge in [0.05, 0.1) is 5.69 Å². The first-order valence-electron chi connectivity index (χ1n) is 18.9. The highest BCUT2D eigenvalue weighted by Crippen LogP contribution is 2.44. The summed E-state index contributed by atoms with van der Waals surface area (Å²) < 4.78 is 0. The molecule has 0 aliphatic heterocycles. The Kier molecular flexibility index (Phi) is 8.24. The molecule has 10 aromatic carbocycles. The van der Waals surface area contributed by atoms with Crippen LogP contribution < -0.4 is 4.90 Å². The first kappa shape index (κ1) is 32.4. The van der Waals surface area contributed by atoms with Crippen LogP contribution in [0.15, 0.2) is 224 Å². The molecule has 258 valence electrons. The van der Waals surface area contributed by atoms with Crippen LogP contribution >= 0.6 is 0 Å². The second kappa shape index (κ2) is 14.0. The van der Waals surface area contributed by atoms with Crippen LogP contribution in [0.2, 0.25) is 0 Å². The lowest BCUT2D eigenvalue weighted by atomic mass is 9.94. The molecule has 0 aliphatic carbocycles. The van der Waals surface area contributed by atoms with Crippen molar-refractivity contribution in [2.75, 3.05) is 4.90 Å². The largest absolute Gasteiger partial charge is 0.310 e. The van der Waals surface area contributed by atoms with Crippen molar-refractivity contribution in [3.8, 4) is 44.5 Å². The number of hydrogen-bond donors (Lipinski definition) is 0. The van der Waals surface area contributed by atoms with Crippen molar-refractivity contribution in [3.63, 3.8) is 0 Å². The van der Waals surface area contributed by atoms with Gasteiger partial charge in [-0.2, -0.15) is 0 Å². The van der Waals surface area contributed by atoms with Gasteiger partial charge in [0.2, 0.25) is 0 Å². The summed E-state index contributed by atoms with van der Waals surface area (Å²) in [4.78, 5) is 2.41. The highest BCUT2D eigenvalue weighted by atomic mass is 15.1. The third kappa shape index (κ3) is 6.12. The van der Waals surface area contributed by atoms with Crippen molar-refractivity contribution in [1.29, 1.82) is 0 Å². The molecule has 0 amide bonds. The van der Waals surface area contributed by atoms with E-state index in [4.69, 9.17) is 0 Å². The first-order chi connectivity index (χ1) is 27.3. The van der Waals surface area contributed by atoms with Gasteiger partial charge in [-0.05, 0) is 114 Å². The topological polar surface area (TPSA) is 3.24 Å². The maximum atomic E-state index is 2.41. The fourth-order valence-electron chi connectivity index (χ4n) is 8.07. The molecule has 0 saturated carbocycles. The van der Waals surface area contributed by atoms with E-state index in [9.17, 15) is 0 Å². The minimum atomic E-state index is 1.10. The van der Waals surface area contributed by atoms with Crippen LogP contribution in [0, 0.1) is 0 Å². The van der Waals surface area contributed by atoms with E-state index >= 15 is 0 Å². The van der Waals surface area contributed by atoms with Crippen molar-refractivity contribution in [1.82, 2.24) is 0 Å². The predicted octanol–water partition coefficient (Wildman–Crippen LogP) is 15.3. The Morgan fingerprint density at radius 3 is 1.45 bits per heavy atom. The molecule has 1 nitrogen and oxygen atoms in total. The molecule has 0 bridgehead atoms. The molecule has 0 fully saturated rings. The molecular formula is C54H37N. The SMILES string of the molecule is c1ccc(-c2ccc(N(c3cccc(-c4ccc5ccc6c7ccccc7ccc6c5c4)c3)c3ccc(-c4ccccc4)cc3-c3ccccc3)cc2)cc1. The third-order valence-electron chi connectivity index (χ3n) is 10.8. The predicted molar refractivity (Wildman–Crippen MR) is 235 cm³/mol. The molecule has 0 unspecified atom stereocenters. The molecule has 10 aromatic rings. The highest BCUT2D eigenvalue weighted by Gasteiger charge is 2.19. The average Bonchev–Trinajstić information content (AvgIpc) is 3.27. The number of benzene rings is 10. The van der Waals surface area contributed by atoms with Crippen molar-refractivity contribution in [2.24, 2.45) is 0 Å². The molecule has 0 spiro atoms. The van der Waals surface area contributed by atoms with Crippen LogP contribution in [0.3, 0.4) is 0 Å². The van der Waals surface area contributed by atoms with Gasteiger partial charge in [0.25, 0.3) is 0 Å². The minimum Gasteiger partial charge on any atom is -0.310 e. The zero-order valence-electron chi connectivity index (χ0n) is 30.3. The smallest absolute Gasteiger partial charge is 0.0540 e. The van der Waals surface area contributed by atoms with Crippen LogP contribution in [0.1, 0.15) is 0 Å². The van der Waals surface area contributed by atoms with Crippen molar-refractivity contribution < 1.29 is 0 Å². The van der Waals surface area contributed by atoms with E-state index in [-0.39, 0.29) is 0 Å². The fourth-order valence-corrected chi connectivity index (χ4v) is 8.07. The minimum absolute atomic E-state index is 1.10. The van der Waals surface area contributed by atoms with Crippen LogP contribution in [0.25, 0.3) is 76.8 Å². The maximum absolute atomic E-state index is 2.41. The second-order valence-corrected chi connectivity index (χ2v) is 14.1. The van der Waals surface area contributed by atoms with E-state index in [1.807, 2.05) is 0 Å². The summed E-state index contributed by atoms with van der Waals surface area (Å²) in [5.74, 6) is 0. The summed E-state index contributed by atoms with van der Waals surface area (Å²) in [5.41, 5.74) is 12.8. The van der Waals surface area contributed by atoms with Gasteiger partial charge in [-0.3, -0.25) is 0 Å². The average molecular weight is 700 g/mol. The van der Waals surface area contributed by atoms with Crippen molar-refractivity contribution in [2.45, 2.75) is 0 Å². The number of fused-ring (bicyclic) bond motifs is 5. The van der Waals surface area contributed by atoms with E-state index in [0.717, 1.165) is 17.1 Å². The van der Waals surface area contributed by atoms with Crippen LogP contribution in [-0.4, -0.2) is 0 Å². The molecule has 55 heavy (non-hydrogen) atoms. The summed E-state index contributed by atoms with van der Waals surface area (Å²) in [7, 11) is 0. The Balaban J connectivity index is 1.15. The number of hydrogen-bond acceptors (Lipinski definition) is 1. The van der Waals surface area contributed by atoms with Gasteiger partial charge >= 0.3 is 0 Å². The molecule has 0 saturated heterocycles. The van der Waals surface area contributed by atoms with Crippen molar-refractivity contribution in [3.05, 3.63) is 224 Å². The summed E-state index contributed by atoms with van der Waals surface area (Å²) in [5, 5.41) is 7.63. The highest BCUT2D eigenvalue weighted by molar-refractivity contribution is 6.17. The normalized spacial score (nSPS) is 11.3. The van der Waals surface area contributed by atoms with E-state index in [1.165, 1.54) is 76.8 Å². The van der Waals surface area contributed by atoms with Crippen molar-refractivity contribution >= 4 is 49.4 Å². The Morgan fingerprint density at radius 1 is 0.236 bits per heavy atom. The molecule has 0 atom stereocenters. The van der Waals surface area contributed by atoms with Crippen LogP contribution in [0.5, 0.6) is 0 Å². The van der Waals surface area contributed by atoms with E-state index in [1.54, 1.807) is 0 Å². The fraction of sp³-hybridized carbons (Fsp3) is 0. The Labute approximate surface area is 322 Å². The standard InChI is InChI=1S/C54H37N/c1-4-13-38(14-5-1)40-25-30-47(31-26-40)55(54-34-29-45(39-15-6-2-7-16-39)37-53(54)41-17-8-3-9-18-41)48-21-12-20-44(35-48)46-24-23-43-28-32-50-49-22-11-10-19-42(49)27-33-51(50)52(43)36-46/h1-37H. The lowest BCUT2D eigenvalue weighted by Gasteiger charge is -2.29. The van der Waals surface area contributed by atoms with Gasteiger partial charge in [-0.25, -0.2) is 0 Å². The number of nitrogens with zero attached hydrogens (tertiary/aromatic N) is 1. The maximum Gasteiger partial charge on any atom is 0.0540 e. The molecule has 0 aliphatic rings. The molecule has 0 N–H and O–H groups in total. The Morgan fingerprint density at radius 2 is 0.727 bits per heavy atom. The van der Waals surface area contributed by atoms with Gasteiger partial charge in [-0.1, -0.05) is 182 Å². The lowest BCUT2D eigenvalue weighted by Crippen LogP contribution is -2.11.